The topological polar surface area (TPSA) is 47.3 Å². The van der Waals surface area contributed by atoms with Crippen molar-refractivity contribution in [3.8, 4) is 5.75 Å². The Kier molecular flexibility index (Phi) is 4.12. The van der Waals surface area contributed by atoms with E-state index in [1.807, 2.05) is 38.2 Å². The summed E-state index contributed by atoms with van der Waals surface area (Å²) in [6.45, 7) is 1.85. The molecule has 0 amide bonds. The summed E-state index contributed by atoms with van der Waals surface area (Å²) in [5.41, 5.74) is 2.44. The maximum Gasteiger partial charge on any atom is 0.118 e. The minimum atomic E-state index is -0.613. The van der Waals surface area contributed by atoms with E-state index in [1.165, 1.54) is 0 Å². The highest BCUT2D eigenvalue weighted by molar-refractivity contribution is 6.31. The van der Waals surface area contributed by atoms with Gasteiger partial charge in [-0.2, -0.15) is 5.10 Å². The van der Waals surface area contributed by atoms with Crippen molar-refractivity contribution in [3.63, 3.8) is 0 Å². The summed E-state index contributed by atoms with van der Waals surface area (Å²) in [6, 6.07) is 7.35. The number of rotatable bonds is 4. The van der Waals surface area contributed by atoms with E-state index >= 15 is 0 Å². The van der Waals surface area contributed by atoms with Crippen LogP contribution in [-0.4, -0.2) is 22.0 Å². The first-order valence-electron chi connectivity index (χ1n) is 6.03. The Labute approximate surface area is 117 Å². The molecule has 0 aliphatic carbocycles. The van der Waals surface area contributed by atoms with Crippen molar-refractivity contribution in [3.05, 3.63) is 46.2 Å². The summed E-state index contributed by atoms with van der Waals surface area (Å²) in [5.74, 6) is 0.769. The Morgan fingerprint density at radius 1 is 1.37 bits per heavy atom. The van der Waals surface area contributed by atoms with Crippen LogP contribution in [0.25, 0.3) is 0 Å². The number of benzene rings is 1. The van der Waals surface area contributed by atoms with Crippen LogP contribution in [0.4, 0.5) is 0 Å². The molecule has 1 aromatic heterocycles. The van der Waals surface area contributed by atoms with Gasteiger partial charge >= 0.3 is 0 Å². The minimum absolute atomic E-state index is 0.433. The van der Waals surface area contributed by atoms with Crippen LogP contribution in [0, 0.1) is 6.92 Å². The molecular weight excluding hydrogens is 264 g/mol. The lowest BCUT2D eigenvalue weighted by Gasteiger charge is -2.12. The Hall–Kier alpha value is -1.52. The van der Waals surface area contributed by atoms with Crippen LogP contribution in [0.2, 0.25) is 5.02 Å². The van der Waals surface area contributed by atoms with Crippen LogP contribution in [0.1, 0.15) is 23.1 Å². The second-order valence-electron chi connectivity index (χ2n) is 4.46. The van der Waals surface area contributed by atoms with Crippen molar-refractivity contribution in [2.75, 3.05) is 7.11 Å². The molecule has 0 radical (unpaired) electrons. The minimum Gasteiger partial charge on any atom is -0.497 e. The third-order valence-electron chi connectivity index (χ3n) is 3.15. The highest BCUT2D eigenvalue weighted by atomic mass is 35.5. The molecule has 2 aromatic rings. The molecule has 0 bridgehead atoms. The van der Waals surface area contributed by atoms with Gasteiger partial charge in [-0.1, -0.05) is 23.7 Å². The maximum atomic E-state index is 10.3. The largest absolute Gasteiger partial charge is 0.497 e. The Balaban J connectivity index is 2.17. The molecule has 0 aliphatic rings. The molecule has 5 heteroatoms. The highest BCUT2D eigenvalue weighted by Gasteiger charge is 2.16. The van der Waals surface area contributed by atoms with E-state index in [2.05, 4.69) is 5.10 Å². The van der Waals surface area contributed by atoms with Gasteiger partial charge in [0.2, 0.25) is 0 Å². The zero-order valence-electron chi connectivity index (χ0n) is 11.2. The van der Waals surface area contributed by atoms with Gasteiger partial charge in [0.25, 0.3) is 0 Å². The summed E-state index contributed by atoms with van der Waals surface area (Å²) in [4.78, 5) is 0. The summed E-state index contributed by atoms with van der Waals surface area (Å²) < 4.78 is 6.80. The van der Waals surface area contributed by atoms with Gasteiger partial charge in [-0.25, -0.2) is 0 Å². The number of aliphatic hydroxyl groups excluding tert-OH is 1. The Morgan fingerprint density at radius 2 is 2.00 bits per heavy atom. The lowest BCUT2D eigenvalue weighted by molar-refractivity contribution is 0.175. The van der Waals surface area contributed by atoms with E-state index in [1.54, 1.807) is 11.8 Å². The SMILES string of the molecule is COc1ccc(C(O)Cc2c(Cl)c(C)nn2C)cc1. The number of aromatic nitrogens is 2. The number of hydrogen-bond donors (Lipinski definition) is 1. The number of aliphatic hydroxyl groups is 1. The van der Waals surface area contributed by atoms with Gasteiger partial charge in [0.05, 0.1) is 29.6 Å². The van der Waals surface area contributed by atoms with Crippen molar-refractivity contribution in [1.82, 2.24) is 9.78 Å². The van der Waals surface area contributed by atoms with Crippen LogP contribution < -0.4 is 4.74 Å². The predicted octanol–water partition coefficient (Wildman–Crippen LogP) is 2.67. The van der Waals surface area contributed by atoms with Gasteiger partial charge in [-0.15, -0.1) is 0 Å². The zero-order valence-corrected chi connectivity index (χ0v) is 12.0. The normalized spacial score (nSPS) is 12.5. The summed E-state index contributed by atoms with van der Waals surface area (Å²) in [6.07, 6.45) is -0.180. The van der Waals surface area contributed by atoms with E-state index in [0.29, 0.717) is 11.4 Å². The molecule has 0 fully saturated rings. The van der Waals surface area contributed by atoms with Gasteiger partial charge in [-0.05, 0) is 24.6 Å². The lowest BCUT2D eigenvalue weighted by Crippen LogP contribution is -2.06. The molecule has 0 saturated carbocycles. The molecule has 1 aromatic carbocycles. The van der Waals surface area contributed by atoms with E-state index in [-0.39, 0.29) is 0 Å². The number of aryl methyl sites for hydroxylation is 2. The number of halogens is 1. The second-order valence-corrected chi connectivity index (χ2v) is 4.84. The van der Waals surface area contributed by atoms with E-state index in [9.17, 15) is 5.11 Å². The van der Waals surface area contributed by atoms with Gasteiger partial charge in [-0.3, -0.25) is 4.68 Å². The monoisotopic (exact) mass is 280 g/mol. The molecule has 0 spiro atoms. The van der Waals surface area contributed by atoms with Gasteiger partial charge in [0, 0.05) is 13.5 Å². The van der Waals surface area contributed by atoms with Crippen molar-refractivity contribution in [2.45, 2.75) is 19.4 Å². The molecule has 1 unspecified atom stereocenters. The van der Waals surface area contributed by atoms with Crippen LogP contribution in [-0.2, 0) is 13.5 Å². The van der Waals surface area contributed by atoms with Crippen LogP contribution in [0.15, 0.2) is 24.3 Å². The first kappa shape index (κ1) is 13.9. The number of nitrogens with zero attached hydrogens (tertiary/aromatic N) is 2. The fourth-order valence-electron chi connectivity index (χ4n) is 2.03. The number of methoxy groups -OCH3 is 1. The fraction of sp³-hybridized carbons (Fsp3) is 0.357. The standard InChI is InChI=1S/C14H17ClN2O2/c1-9-14(15)12(17(2)16-9)8-13(18)10-4-6-11(19-3)7-5-10/h4-7,13,18H,8H2,1-3H3. The van der Waals surface area contributed by atoms with Crippen LogP contribution in [0.3, 0.4) is 0 Å². The van der Waals surface area contributed by atoms with Crippen molar-refractivity contribution >= 4 is 11.6 Å². The molecule has 0 aliphatic heterocycles. The molecule has 1 N–H and O–H groups in total. The summed E-state index contributed by atoms with van der Waals surface area (Å²) in [5, 5.41) is 15.1. The van der Waals surface area contributed by atoms with Crippen molar-refractivity contribution in [1.29, 1.82) is 0 Å². The van der Waals surface area contributed by atoms with Gasteiger partial charge < -0.3 is 9.84 Å². The second kappa shape index (κ2) is 5.63. The molecule has 4 nitrogen and oxygen atoms in total. The van der Waals surface area contributed by atoms with E-state index in [0.717, 1.165) is 22.7 Å². The molecule has 2 rings (SSSR count). The Bertz CT molecular complexity index is 564. The molecular formula is C14H17ClN2O2. The number of ether oxygens (including phenoxy) is 1. The van der Waals surface area contributed by atoms with Crippen molar-refractivity contribution < 1.29 is 9.84 Å². The number of hydrogen-bond acceptors (Lipinski definition) is 3. The molecule has 1 atom stereocenters. The summed E-state index contributed by atoms with van der Waals surface area (Å²) in [7, 11) is 3.44. The predicted molar refractivity (Wildman–Crippen MR) is 74.6 cm³/mol. The van der Waals surface area contributed by atoms with Crippen molar-refractivity contribution in [2.24, 2.45) is 7.05 Å². The average Bonchev–Trinajstić information content (AvgIpc) is 2.65. The molecule has 1 heterocycles. The first-order chi connectivity index (χ1) is 9.02. The van der Waals surface area contributed by atoms with Gasteiger partial charge in [0.15, 0.2) is 0 Å². The fourth-order valence-corrected chi connectivity index (χ4v) is 2.27. The first-order valence-corrected chi connectivity index (χ1v) is 6.40. The smallest absolute Gasteiger partial charge is 0.118 e. The third-order valence-corrected chi connectivity index (χ3v) is 3.64. The Morgan fingerprint density at radius 3 is 2.47 bits per heavy atom. The molecule has 19 heavy (non-hydrogen) atoms. The van der Waals surface area contributed by atoms with Crippen LogP contribution >= 0.6 is 11.6 Å². The third kappa shape index (κ3) is 2.91. The summed E-state index contributed by atoms with van der Waals surface area (Å²) >= 11 is 6.18. The lowest BCUT2D eigenvalue weighted by atomic mass is 10.0. The van der Waals surface area contributed by atoms with Crippen LogP contribution in [0.5, 0.6) is 5.75 Å². The highest BCUT2D eigenvalue weighted by Crippen LogP contribution is 2.26. The quantitative estimate of drug-likeness (QED) is 0.937. The zero-order chi connectivity index (χ0) is 14.0. The van der Waals surface area contributed by atoms with E-state index < -0.39 is 6.10 Å². The average molecular weight is 281 g/mol. The molecule has 0 saturated heterocycles. The van der Waals surface area contributed by atoms with E-state index in [4.69, 9.17) is 16.3 Å². The maximum absolute atomic E-state index is 10.3. The molecule has 102 valence electrons. The van der Waals surface area contributed by atoms with Gasteiger partial charge in [0.1, 0.15) is 5.75 Å².